The number of aryl methyl sites for hydroxylation is 1. The molecule has 172 valence electrons. The lowest BCUT2D eigenvalue weighted by molar-refractivity contribution is -0.151. The molecule has 0 bridgehead atoms. The third-order valence-electron chi connectivity index (χ3n) is 6.30. The molecule has 1 aliphatic rings. The summed E-state index contributed by atoms with van der Waals surface area (Å²) < 4.78 is 15.4. The summed E-state index contributed by atoms with van der Waals surface area (Å²) >= 11 is 3.56. The summed E-state index contributed by atoms with van der Waals surface area (Å²) in [6.07, 6.45) is 4.01. The van der Waals surface area contributed by atoms with Crippen LogP contribution in [0.1, 0.15) is 18.9 Å². The zero-order valence-corrected chi connectivity index (χ0v) is 20.4. The van der Waals surface area contributed by atoms with Crippen LogP contribution in [0.5, 0.6) is 0 Å². The van der Waals surface area contributed by atoms with E-state index in [0.29, 0.717) is 25.4 Å². The number of nitrogens with zero attached hydrogens (tertiary/aromatic N) is 5. The van der Waals surface area contributed by atoms with Crippen LogP contribution in [0.4, 0.5) is 0 Å². The molecule has 2 aromatic carbocycles. The molecule has 34 heavy (non-hydrogen) atoms. The minimum absolute atomic E-state index is 0.224. The number of esters is 1. The molecule has 0 aliphatic carbocycles. The fourth-order valence-corrected chi connectivity index (χ4v) is 4.93. The third-order valence-corrected chi connectivity index (χ3v) is 6.79. The van der Waals surface area contributed by atoms with Gasteiger partial charge in [0.1, 0.15) is 0 Å². The van der Waals surface area contributed by atoms with E-state index < -0.39 is 0 Å². The van der Waals surface area contributed by atoms with E-state index >= 15 is 0 Å². The molecule has 9 heteroatoms. The predicted molar refractivity (Wildman–Crippen MR) is 130 cm³/mol. The summed E-state index contributed by atoms with van der Waals surface area (Å²) in [7, 11) is 1.87. The number of pyridine rings is 1. The SMILES string of the molecule is CCOC(=O)CC1(c2ccc(-n3c(=NC#N)n(C)c4cnc5ccc(Br)cc5c43)cc2)COC1. The molecular formula is C25H22BrN5O3. The number of rotatable bonds is 5. The van der Waals surface area contributed by atoms with Gasteiger partial charge in [-0.2, -0.15) is 5.26 Å². The van der Waals surface area contributed by atoms with Crippen molar-refractivity contribution >= 4 is 43.8 Å². The van der Waals surface area contributed by atoms with Crippen LogP contribution < -0.4 is 5.62 Å². The molecule has 3 heterocycles. The largest absolute Gasteiger partial charge is 0.466 e. The second-order valence-corrected chi connectivity index (χ2v) is 9.28. The summed E-state index contributed by atoms with van der Waals surface area (Å²) in [5, 5.41) is 10.3. The number of hydrogen-bond acceptors (Lipinski definition) is 6. The van der Waals surface area contributed by atoms with Crippen LogP contribution in [0.25, 0.3) is 27.6 Å². The Balaban J connectivity index is 1.68. The monoisotopic (exact) mass is 519 g/mol. The number of halogens is 1. The van der Waals surface area contributed by atoms with Gasteiger partial charge in [0, 0.05) is 22.6 Å². The van der Waals surface area contributed by atoms with E-state index in [0.717, 1.165) is 37.7 Å². The topological polar surface area (TPSA) is 94.4 Å². The molecule has 0 unspecified atom stereocenters. The van der Waals surface area contributed by atoms with Crippen molar-refractivity contribution in [3.63, 3.8) is 0 Å². The van der Waals surface area contributed by atoms with Crippen molar-refractivity contribution in [1.29, 1.82) is 5.26 Å². The van der Waals surface area contributed by atoms with Crippen LogP contribution in [0.3, 0.4) is 0 Å². The average Bonchev–Trinajstić information content (AvgIpc) is 3.09. The lowest BCUT2D eigenvalue weighted by Crippen LogP contribution is -2.48. The van der Waals surface area contributed by atoms with Crippen LogP contribution in [0.2, 0.25) is 0 Å². The molecule has 0 atom stereocenters. The lowest BCUT2D eigenvalue weighted by Gasteiger charge is -2.41. The van der Waals surface area contributed by atoms with Crippen molar-refractivity contribution in [2.75, 3.05) is 19.8 Å². The van der Waals surface area contributed by atoms with E-state index in [-0.39, 0.29) is 17.8 Å². The molecule has 4 aromatic rings. The summed E-state index contributed by atoms with van der Waals surface area (Å²) in [4.78, 5) is 20.9. The zero-order valence-electron chi connectivity index (χ0n) is 18.8. The van der Waals surface area contributed by atoms with E-state index in [4.69, 9.17) is 9.47 Å². The van der Waals surface area contributed by atoms with Gasteiger partial charge in [-0.3, -0.25) is 14.3 Å². The van der Waals surface area contributed by atoms with Gasteiger partial charge in [-0.15, -0.1) is 4.99 Å². The van der Waals surface area contributed by atoms with Gasteiger partial charge in [0.2, 0.25) is 11.8 Å². The van der Waals surface area contributed by atoms with Crippen molar-refractivity contribution in [1.82, 2.24) is 14.1 Å². The highest BCUT2D eigenvalue weighted by Crippen LogP contribution is 2.37. The van der Waals surface area contributed by atoms with Crippen molar-refractivity contribution in [2.45, 2.75) is 18.8 Å². The Kier molecular flexibility index (Phi) is 5.71. The number of carbonyl (C=O) groups is 1. The van der Waals surface area contributed by atoms with Gasteiger partial charge in [-0.25, -0.2) is 0 Å². The Morgan fingerprint density at radius 3 is 2.71 bits per heavy atom. The molecule has 0 spiro atoms. The molecule has 2 aromatic heterocycles. The molecule has 8 nitrogen and oxygen atoms in total. The van der Waals surface area contributed by atoms with Crippen molar-refractivity contribution in [3.05, 3.63) is 64.3 Å². The Bertz CT molecular complexity index is 1520. The molecule has 0 amide bonds. The quantitative estimate of drug-likeness (QED) is 0.294. The predicted octanol–water partition coefficient (Wildman–Crippen LogP) is 3.88. The Morgan fingerprint density at radius 1 is 1.29 bits per heavy atom. The van der Waals surface area contributed by atoms with Crippen molar-refractivity contribution in [3.8, 4) is 11.9 Å². The third kappa shape index (κ3) is 3.59. The number of imidazole rings is 1. The fraction of sp³-hybridized carbons (Fsp3) is 0.280. The van der Waals surface area contributed by atoms with Crippen LogP contribution in [0, 0.1) is 11.5 Å². The number of carbonyl (C=O) groups excluding carboxylic acids is 1. The smallest absolute Gasteiger partial charge is 0.306 e. The summed E-state index contributed by atoms with van der Waals surface area (Å²) in [6, 6.07) is 13.9. The minimum Gasteiger partial charge on any atom is -0.466 e. The minimum atomic E-state index is -0.379. The molecule has 1 fully saturated rings. The number of ether oxygens (including phenoxy) is 2. The molecule has 0 N–H and O–H groups in total. The molecular weight excluding hydrogens is 498 g/mol. The summed E-state index contributed by atoms with van der Waals surface area (Å²) in [5.41, 5.74) is 4.59. The molecule has 0 saturated carbocycles. The fourth-order valence-electron chi connectivity index (χ4n) is 4.56. The Hall–Kier alpha value is -3.48. The first kappa shape index (κ1) is 22.3. The maximum absolute atomic E-state index is 12.2. The first-order chi connectivity index (χ1) is 16.5. The van der Waals surface area contributed by atoms with Gasteiger partial charge in [0.15, 0.2) is 0 Å². The molecule has 5 rings (SSSR count). The van der Waals surface area contributed by atoms with E-state index in [1.807, 2.05) is 64.8 Å². The first-order valence-electron chi connectivity index (χ1n) is 10.9. The number of nitriles is 1. The summed E-state index contributed by atoms with van der Waals surface area (Å²) in [6.45, 7) is 3.12. The lowest BCUT2D eigenvalue weighted by atomic mass is 9.76. The van der Waals surface area contributed by atoms with Crippen LogP contribution in [-0.2, 0) is 26.7 Å². The van der Waals surface area contributed by atoms with E-state index in [1.54, 1.807) is 13.1 Å². The highest BCUT2D eigenvalue weighted by Gasteiger charge is 2.42. The standard InChI is InChI=1S/C25H22BrN5O3/c1-3-34-22(32)11-25(13-33-14-25)16-4-7-18(8-5-16)31-23-19-10-17(26)6-9-20(19)28-12-21(23)30(2)24(31)29-15-27/h4-10,12H,3,11,13-14H2,1-2H3. The van der Waals surface area contributed by atoms with Crippen molar-refractivity contribution < 1.29 is 14.3 Å². The average molecular weight is 520 g/mol. The number of fused-ring (bicyclic) bond motifs is 3. The Labute approximate surface area is 204 Å². The maximum atomic E-state index is 12.2. The van der Waals surface area contributed by atoms with Crippen LogP contribution >= 0.6 is 15.9 Å². The zero-order chi connectivity index (χ0) is 23.9. The maximum Gasteiger partial charge on any atom is 0.306 e. The summed E-state index contributed by atoms with van der Waals surface area (Å²) in [5.74, 6) is -0.224. The highest BCUT2D eigenvalue weighted by atomic mass is 79.9. The molecule has 0 radical (unpaired) electrons. The van der Waals surface area contributed by atoms with Crippen molar-refractivity contribution in [2.24, 2.45) is 12.0 Å². The van der Waals surface area contributed by atoms with E-state index in [2.05, 4.69) is 25.9 Å². The number of benzene rings is 2. The number of aromatic nitrogens is 3. The molecule has 1 aliphatic heterocycles. The normalized spacial score (nSPS) is 15.3. The highest BCUT2D eigenvalue weighted by molar-refractivity contribution is 9.10. The number of hydrogen-bond donors (Lipinski definition) is 0. The Morgan fingerprint density at radius 2 is 2.06 bits per heavy atom. The second kappa shape index (κ2) is 8.70. The van der Waals surface area contributed by atoms with Gasteiger partial charge >= 0.3 is 5.97 Å². The van der Waals surface area contributed by atoms with Gasteiger partial charge in [0.25, 0.3) is 0 Å². The van der Waals surface area contributed by atoms with Gasteiger partial charge in [-0.1, -0.05) is 28.1 Å². The van der Waals surface area contributed by atoms with Crippen LogP contribution in [-0.4, -0.2) is 39.9 Å². The molecule has 1 saturated heterocycles. The second-order valence-electron chi connectivity index (χ2n) is 8.36. The van der Waals surface area contributed by atoms with Gasteiger partial charge in [-0.05, 0) is 42.8 Å². The van der Waals surface area contributed by atoms with E-state index in [1.165, 1.54) is 0 Å². The van der Waals surface area contributed by atoms with Gasteiger partial charge < -0.3 is 14.0 Å². The first-order valence-corrected chi connectivity index (χ1v) is 11.7. The van der Waals surface area contributed by atoms with Gasteiger partial charge in [0.05, 0.1) is 54.4 Å². The van der Waals surface area contributed by atoms with Crippen LogP contribution in [0.15, 0.2) is 58.1 Å². The van der Waals surface area contributed by atoms with E-state index in [9.17, 15) is 10.1 Å².